The van der Waals surface area contributed by atoms with Crippen molar-refractivity contribution in [3.05, 3.63) is 41.6 Å². The summed E-state index contributed by atoms with van der Waals surface area (Å²) in [6.45, 7) is 9.46. The third kappa shape index (κ3) is 1.31. The van der Waals surface area contributed by atoms with E-state index >= 15 is 0 Å². The zero-order valence-corrected chi connectivity index (χ0v) is 9.36. The van der Waals surface area contributed by atoms with E-state index in [2.05, 4.69) is 33.2 Å². The van der Waals surface area contributed by atoms with Gasteiger partial charge in [0.1, 0.15) is 12.0 Å². The largest absolute Gasteiger partial charge is 0.286 e. The Morgan fingerprint density at radius 2 is 2.19 bits per heavy atom. The maximum atomic E-state index is 4.25. The summed E-state index contributed by atoms with van der Waals surface area (Å²) in [5.41, 5.74) is 5.13. The molecule has 4 nitrogen and oxygen atoms in total. The van der Waals surface area contributed by atoms with Crippen molar-refractivity contribution in [2.75, 3.05) is 7.05 Å². The van der Waals surface area contributed by atoms with Crippen molar-refractivity contribution in [1.29, 1.82) is 0 Å². The minimum absolute atomic E-state index is 0.809. The topological polar surface area (TPSA) is 50.5 Å². The van der Waals surface area contributed by atoms with E-state index in [1.54, 1.807) is 13.2 Å². The number of rotatable bonds is 1. The summed E-state index contributed by atoms with van der Waals surface area (Å²) in [6.07, 6.45) is 3.26. The van der Waals surface area contributed by atoms with Gasteiger partial charge in [-0.05, 0) is 19.2 Å². The molecule has 1 aromatic heterocycles. The Balaban J connectivity index is 2.76. The maximum absolute atomic E-state index is 4.25. The second kappa shape index (κ2) is 3.81. The summed E-state index contributed by atoms with van der Waals surface area (Å²) < 4.78 is 0. The molecular weight excluding hydrogens is 200 g/mol. The molecule has 1 aliphatic carbocycles. The average molecular weight is 212 g/mol. The van der Waals surface area contributed by atoms with Gasteiger partial charge in [0.05, 0.1) is 5.71 Å². The van der Waals surface area contributed by atoms with Crippen LogP contribution in [0.25, 0.3) is 5.57 Å². The molecule has 0 N–H and O–H groups in total. The van der Waals surface area contributed by atoms with Crippen LogP contribution in [0.4, 0.5) is 0 Å². The van der Waals surface area contributed by atoms with E-state index in [0.717, 1.165) is 33.8 Å². The Bertz CT molecular complexity index is 538. The Morgan fingerprint density at radius 1 is 1.44 bits per heavy atom. The lowest BCUT2D eigenvalue weighted by molar-refractivity contribution is 1.14. The quantitative estimate of drug-likeness (QED) is 0.667. The van der Waals surface area contributed by atoms with E-state index in [0.29, 0.717) is 0 Å². The molecule has 1 aromatic rings. The minimum Gasteiger partial charge on any atom is -0.286 e. The lowest BCUT2D eigenvalue weighted by atomic mass is 10.1. The third-order valence-electron chi connectivity index (χ3n) is 2.62. The highest BCUT2D eigenvalue weighted by Gasteiger charge is 2.29. The number of hydrogen-bond donors (Lipinski definition) is 0. The number of aliphatic imine (C=N–C) groups is 2. The Hall–Kier alpha value is -2.10. The van der Waals surface area contributed by atoms with Gasteiger partial charge in [-0.1, -0.05) is 6.58 Å². The smallest absolute Gasteiger partial charge is 0.116 e. The van der Waals surface area contributed by atoms with Crippen LogP contribution in [-0.2, 0) is 0 Å². The van der Waals surface area contributed by atoms with Crippen LogP contribution in [0, 0.1) is 0 Å². The predicted molar refractivity (Wildman–Crippen MR) is 65.8 cm³/mol. The van der Waals surface area contributed by atoms with Crippen molar-refractivity contribution >= 4 is 18.0 Å². The molecule has 0 saturated carbocycles. The van der Waals surface area contributed by atoms with Crippen LogP contribution < -0.4 is 0 Å². The molecule has 0 amide bonds. The van der Waals surface area contributed by atoms with Gasteiger partial charge in [-0.2, -0.15) is 0 Å². The summed E-state index contributed by atoms with van der Waals surface area (Å²) in [4.78, 5) is 16.4. The number of hydrogen-bond acceptors (Lipinski definition) is 4. The van der Waals surface area contributed by atoms with Gasteiger partial charge in [-0.15, -0.1) is 0 Å². The fourth-order valence-electron chi connectivity index (χ4n) is 1.82. The first-order chi connectivity index (χ1) is 7.70. The monoisotopic (exact) mass is 212 g/mol. The normalized spacial score (nSPS) is 19.9. The Kier molecular flexibility index (Phi) is 2.48. The lowest BCUT2D eigenvalue weighted by Gasteiger charge is -2.02. The first-order valence-electron chi connectivity index (χ1n) is 4.85. The highest BCUT2D eigenvalue weighted by Crippen LogP contribution is 2.36. The number of allylic oxidation sites excluding steroid dienone is 3. The second-order valence-corrected chi connectivity index (χ2v) is 3.45. The van der Waals surface area contributed by atoms with Crippen molar-refractivity contribution in [1.82, 2.24) is 9.97 Å². The number of fused-ring (bicyclic) bond motifs is 1. The van der Waals surface area contributed by atoms with Crippen molar-refractivity contribution in [3.8, 4) is 0 Å². The predicted octanol–water partition coefficient (Wildman–Crippen LogP) is 1.90. The molecule has 0 radical (unpaired) electrons. The van der Waals surface area contributed by atoms with E-state index in [4.69, 9.17) is 0 Å². The van der Waals surface area contributed by atoms with Crippen LogP contribution in [0.2, 0.25) is 0 Å². The fourth-order valence-corrected chi connectivity index (χ4v) is 1.82. The highest BCUT2D eigenvalue weighted by atomic mass is 14.9. The standard InChI is InChI=1S/C12H12N4/c1-7-9-5-15-6-16-11(9)12(14-4)10(7)8(2)13-3/h5-6H,1,3H2,2,4H3/b10-8-,14-12+. The molecule has 0 aromatic carbocycles. The van der Waals surface area contributed by atoms with Crippen LogP contribution in [-0.4, -0.2) is 29.4 Å². The summed E-state index contributed by atoms with van der Waals surface area (Å²) in [7, 11) is 1.73. The van der Waals surface area contributed by atoms with Crippen LogP contribution in [0.15, 0.2) is 40.4 Å². The van der Waals surface area contributed by atoms with Gasteiger partial charge in [0.2, 0.25) is 0 Å². The molecule has 1 heterocycles. The second-order valence-electron chi connectivity index (χ2n) is 3.45. The number of aromatic nitrogens is 2. The molecule has 0 fully saturated rings. The molecule has 0 aliphatic heterocycles. The first kappa shape index (κ1) is 10.4. The van der Waals surface area contributed by atoms with Gasteiger partial charge >= 0.3 is 0 Å². The van der Waals surface area contributed by atoms with Crippen molar-refractivity contribution < 1.29 is 0 Å². The highest BCUT2D eigenvalue weighted by molar-refractivity contribution is 6.28. The maximum Gasteiger partial charge on any atom is 0.116 e. The number of nitrogens with zero attached hydrogens (tertiary/aromatic N) is 4. The summed E-state index contributed by atoms with van der Waals surface area (Å²) in [6, 6.07) is 0. The summed E-state index contributed by atoms with van der Waals surface area (Å²) in [5, 5.41) is 0. The van der Waals surface area contributed by atoms with Crippen LogP contribution in [0.3, 0.4) is 0 Å². The fraction of sp³-hybridized carbons (Fsp3) is 0.167. The van der Waals surface area contributed by atoms with Gasteiger partial charge in [0.25, 0.3) is 0 Å². The minimum atomic E-state index is 0.809. The summed E-state index contributed by atoms with van der Waals surface area (Å²) >= 11 is 0. The molecule has 80 valence electrons. The molecule has 0 atom stereocenters. The molecule has 0 bridgehead atoms. The molecule has 2 rings (SSSR count). The SMILES string of the molecule is C=N/C(C)=C1/C(=C)c2cncnc2/C1=N/C. The lowest BCUT2D eigenvalue weighted by Crippen LogP contribution is -2.02. The zero-order valence-electron chi connectivity index (χ0n) is 9.36. The van der Waals surface area contributed by atoms with Crippen molar-refractivity contribution in [2.45, 2.75) is 6.92 Å². The van der Waals surface area contributed by atoms with Crippen molar-refractivity contribution in [2.24, 2.45) is 9.98 Å². The molecule has 1 aliphatic rings. The molecular formula is C12H12N4. The van der Waals surface area contributed by atoms with Gasteiger partial charge in [0.15, 0.2) is 0 Å². The van der Waals surface area contributed by atoms with Gasteiger partial charge in [0, 0.05) is 30.1 Å². The molecule has 4 heteroatoms. The van der Waals surface area contributed by atoms with Gasteiger partial charge < -0.3 is 0 Å². The molecule has 0 saturated heterocycles. The average Bonchev–Trinajstić information content (AvgIpc) is 2.62. The van der Waals surface area contributed by atoms with Crippen LogP contribution >= 0.6 is 0 Å². The molecule has 0 spiro atoms. The van der Waals surface area contributed by atoms with Crippen LogP contribution in [0.5, 0.6) is 0 Å². The van der Waals surface area contributed by atoms with E-state index in [-0.39, 0.29) is 0 Å². The molecule has 16 heavy (non-hydrogen) atoms. The van der Waals surface area contributed by atoms with E-state index in [1.807, 2.05) is 6.92 Å². The Morgan fingerprint density at radius 3 is 2.81 bits per heavy atom. The van der Waals surface area contributed by atoms with Crippen LogP contribution in [0.1, 0.15) is 18.2 Å². The van der Waals surface area contributed by atoms with Gasteiger partial charge in [-0.3, -0.25) is 9.98 Å². The van der Waals surface area contributed by atoms with Crippen molar-refractivity contribution in [3.63, 3.8) is 0 Å². The van der Waals surface area contributed by atoms with E-state index < -0.39 is 0 Å². The molecule has 0 unspecified atom stereocenters. The Labute approximate surface area is 94.2 Å². The first-order valence-corrected chi connectivity index (χ1v) is 4.85. The van der Waals surface area contributed by atoms with E-state index in [9.17, 15) is 0 Å². The summed E-state index contributed by atoms with van der Waals surface area (Å²) in [5.74, 6) is 0. The third-order valence-corrected chi connectivity index (χ3v) is 2.62. The van der Waals surface area contributed by atoms with Gasteiger partial charge in [-0.25, -0.2) is 9.97 Å². The van der Waals surface area contributed by atoms with E-state index in [1.165, 1.54) is 6.33 Å². The zero-order chi connectivity index (χ0) is 11.7.